The zero-order chi connectivity index (χ0) is 16.8. The Bertz CT molecular complexity index is 701. The van der Waals surface area contributed by atoms with Crippen LogP contribution in [0.5, 0.6) is 0 Å². The first-order valence-corrected chi connectivity index (χ1v) is 7.99. The van der Waals surface area contributed by atoms with Gasteiger partial charge >= 0.3 is 5.97 Å². The van der Waals surface area contributed by atoms with Gasteiger partial charge < -0.3 is 10.1 Å². The maximum atomic E-state index is 12.4. The van der Waals surface area contributed by atoms with Crippen LogP contribution >= 0.6 is 15.9 Å². The molecule has 0 saturated carbocycles. The Morgan fingerprint density at radius 2 is 1.87 bits per heavy atom. The van der Waals surface area contributed by atoms with E-state index in [4.69, 9.17) is 4.74 Å². The lowest BCUT2D eigenvalue weighted by atomic mass is 10.0. The lowest BCUT2D eigenvalue weighted by Gasteiger charge is -2.17. The highest BCUT2D eigenvalue weighted by molar-refractivity contribution is 9.10. The van der Waals surface area contributed by atoms with Crippen molar-refractivity contribution in [3.63, 3.8) is 0 Å². The van der Waals surface area contributed by atoms with E-state index in [1.807, 2.05) is 43.3 Å². The van der Waals surface area contributed by atoms with Crippen molar-refractivity contribution in [2.24, 2.45) is 0 Å². The fourth-order valence-corrected chi connectivity index (χ4v) is 2.46. The van der Waals surface area contributed by atoms with Gasteiger partial charge in [-0.05, 0) is 36.2 Å². The van der Waals surface area contributed by atoms with Crippen LogP contribution in [0.3, 0.4) is 0 Å². The van der Waals surface area contributed by atoms with Crippen LogP contribution in [0.1, 0.15) is 21.5 Å². The Labute approximate surface area is 144 Å². The first-order chi connectivity index (χ1) is 11.0. The van der Waals surface area contributed by atoms with Crippen LogP contribution < -0.4 is 5.32 Å². The predicted molar refractivity (Wildman–Crippen MR) is 92.3 cm³/mol. The highest BCUT2D eigenvalue weighted by atomic mass is 79.9. The van der Waals surface area contributed by atoms with Gasteiger partial charge in [0, 0.05) is 16.5 Å². The summed E-state index contributed by atoms with van der Waals surface area (Å²) in [7, 11) is 1.32. The van der Waals surface area contributed by atoms with Gasteiger partial charge in [-0.15, -0.1) is 0 Å². The fraction of sp³-hybridized carbons (Fsp3) is 0.222. The molecule has 0 unspecified atom stereocenters. The third-order valence-electron chi connectivity index (χ3n) is 3.49. The molecular weight excluding hydrogens is 358 g/mol. The molecule has 1 atom stereocenters. The number of methoxy groups -OCH3 is 1. The van der Waals surface area contributed by atoms with E-state index < -0.39 is 12.0 Å². The van der Waals surface area contributed by atoms with Crippen molar-refractivity contribution in [2.75, 3.05) is 7.11 Å². The summed E-state index contributed by atoms with van der Waals surface area (Å²) in [5, 5.41) is 2.75. The van der Waals surface area contributed by atoms with Crippen LogP contribution in [0, 0.1) is 6.92 Å². The molecule has 120 valence electrons. The third-order valence-corrected chi connectivity index (χ3v) is 4.38. The minimum Gasteiger partial charge on any atom is -0.467 e. The number of benzene rings is 2. The number of carbonyl (C=O) groups excluding carboxylic acids is 2. The van der Waals surface area contributed by atoms with Gasteiger partial charge in [0.15, 0.2) is 0 Å². The van der Waals surface area contributed by atoms with Crippen molar-refractivity contribution < 1.29 is 14.3 Å². The summed E-state index contributed by atoms with van der Waals surface area (Å²) < 4.78 is 5.74. The van der Waals surface area contributed by atoms with Gasteiger partial charge in [-0.25, -0.2) is 4.79 Å². The van der Waals surface area contributed by atoms with Crippen LogP contribution in [-0.2, 0) is 16.0 Å². The molecule has 0 spiro atoms. The smallest absolute Gasteiger partial charge is 0.328 e. The van der Waals surface area contributed by atoms with E-state index >= 15 is 0 Å². The zero-order valence-electron chi connectivity index (χ0n) is 13.0. The molecule has 0 heterocycles. The number of halogens is 1. The molecule has 4 nitrogen and oxygen atoms in total. The SMILES string of the molecule is COC(=O)[C@H](Cc1ccccc1)NC(=O)c1ccc(Br)c(C)c1. The van der Waals surface area contributed by atoms with E-state index in [1.165, 1.54) is 7.11 Å². The number of esters is 1. The van der Waals surface area contributed by atoms with Crippen molar-refractivity contribution in [3.05, 3.63) is 69.7 Å². The minimum absolute atomic E-state index is 0.299. The average Bonchev–Trinajstić information content (AvgIpc) is 2.56. The maximum absolute atomic E-state index is 12.4. The molecule has 0 fully saturated rings. The fourth-order valence-electron chi connectivity index (χ4n) is 2.21. The number of hydrogen-bond donors (Lipinski definition) is 1. The number of ether oxygens (including phenoxy) is 1. The van der Waals surface area contributed by atoms with Crippen LogP contribution in [0.2, 0.25) is 0 Å². The topological polar surface area (TPSA) is 55.4 Å². The summed E-state index contributed by atoms with van der Waals surface area (Å²) in [6.45, 7) is 1.91. The first kappa shape index (κ1) is 17.2. The lowest BCUT2D eigenvalue weighted by molar-refractivity contribution is -0.142. The van der Waals surface area contributed by atoms with Gasteiger partial charge in [-0.2, -0.15) is 0 Å². The Kier molecular flexibility index (Phi) is 5.93. The Morgan fingerprint density at radius 3 is 2.48 bits per heavy atom. The zero-order valence-corrected chi connectivity index (χ0v) is 14.6. The Balaban J connectivity index is 2.15. The second-order valence-corrected chi connectivity index (χ2v) is 6.06. The second-order valence-electron chi connectivity index (χ2n) is 5.20. The molecule has 0 aliphatic heterocycles. The molecular formula is C18H18BrNO3. The molecule has 2 aromatic carbocycles. The minimum atomic E-state index is -0.723. The summed E-state index contributed by atoms with van der Waals surface area (Å²) in [5.41, 5.74) is 2.41. The molecule has 5 heteroatoms. The van der Waals surface area contributed by atoms with Crippen molar-refractivity contribution in [1.29, 1.82) is 0 Å². The third kappa shape index (κ3) is 4.66. The normalized spacial score (nSPS) is 11.6. The molecule has 0 radical (unpaired) electrons. The van der Waals surface area contributed by atoms with Gasteiger partial charge in [-0.3, -0.25) is 4.79 Å². The van der Waals surface area contributed by atoms with Gasteiger partial charge in [0.25, 0.3) is 5.91 Å². The summed E-state index contributed by atoms with van der Waals surface area (Å²) in [6.07, 6.45) is 0.384. The lowest BCUT2D eigenvalue weighted by Crippen LogP contribution is -2.43. The number of aryl methyl sites for hydroxylation is 1. The standard InChI is InChI=1S/C18H18BrNO3/c1-12-10-14(8-9-15(12)19)17(21)20-16(18(22)23-2)11-13-6-4-3-5-7-13/h3-10,16H,11H2,1-2H3,(H,20,21)/t16-/m0/s1. The number of carbonyl (C=O) groups is 2. The first-order valence-electron chi connectivity index (χ1n) is 7.20. The van der Waals surface area contributed by atoms with E-state index in [0.717, 1.165) is 15.6 Å². The molecule has 1 N–H and O–H groups in total. The average molecular weight is 376 g/mol. The van der Waals surface area contributed by atoms with Gasteiger partial charge in [-0.1, -0.05) is 46.3 Å². The van der Waals surface area contributed by atoms with Gasteiger partial charge in [0.2, 0.25) is 0 Å². The van der Waals surface area contributed by atoms with E-state index in [2.05, 4.69) is 21.2 Å². The summed E-state index contributed by atoms with van der Waals surface area (Å²) in [6, 6.07) is 14.1. The van der Waals surface area contributed by atoms with Crippen molar-refractivity contribution in [1.82, 2.24) is 5.32 Å². The van der Waals surface area contributed by atoms with Crippen LogP contribution in [-0.4, -0.2) is 25.0 Å². The van der Waals surface area contributed by atoms with Crippen molar-refractivity contribution >= 4 is 27.8 Å². The Hall–Kier alpha value is -2.14. The van der Waals surface area contributed by atoms with Crippen molar-refractivity contribution in [2.45, 2.75) is 19.4 Å². The highest BCUT2D eigenvalue weighted by Gasteiger charge is 2.22. The monoisotopic (exact) mass is 375 g/mol. The van der Waals surface area contributed by atoms with Crippen LogP contribution in [0.15, 0.2) is 53.0 Å². The quantitative estimate of drug-likeness (QED) is 0.815. The highest BCUT2D eigenvalue weighted by Crippen LogP contribution is 2.17. The number of hydrogen-bond acceptors (Lipinski definition) is 3. The molecule has 0 saturated heterocycles. The number of nitrogens with one attached hydrogen (secondary N) is 1. The predicted octanol–water partition coefficient (Wildman–Crippen LogP) is 3.27. The largest absolute Gasteiger partial charge is 0.467 e. The summed E-state index contributed by atoms with van der Waals surface area (Å²) >= 11 is 3.40. The summed E-state index contributed by atoms with van der Waals surface area (Å²) in [5.74, 6) is -0.761. The van der Waals surface area contributed by atoms with E-state index in [-0.39, 0.29) is 5.91 Å². The molecule has 0 bridgehead atoms. The number of amides is 1. The van der Waals surface area contributed by atoms with Crippen LogP contribution in [0.25, 0.3) is 0 Å². The van der Waals surface area contributed by atoms with E-state index in [1.54, 1.807) is 12.1 Å². The maximum Gasteiger partial charge on any atom is 0.328 e. The van der Waals surface area contributed by atoms with Gasteiger partial charge in [0.05, 0.1) is 7.11 Å². The molecule has 23 heavy (non-hydrogen) atoms. The molecule has 0 aromatic heterocycles. The molecule has 2 rings (SSSR count). The second kappa shape index (κ2) is 7.92. The van der Waals surface area contributed by atoms with Crippen molar-refractivity contribution in [3.8, 4) is 0 Å². The van der Waals surface area contributed by atoms with Gasteiger partial charge in [0.1, 0.15) is 6.04 Å². The molecule has 2 aromatic rings. The van der Waals surface area contributed by atoms with E-state index in [9.17, 15) is 9.59 Å². The van der Waals surface area contributed by atoms with Crippen LogP contribution in [0.4, 0.5) is 0 Å². The molecule has 0 aliphatic rings. The summed E-state index contributed by atoms with van der Waals surface area (Å²) in [4.78, 5) is 24.4. The molecule has 0 aliphatic carbocycles. The Morgan fingerprint density at radius 1 is 1.17 bits per heavy atom. The molecule has 1 amide bonds. The van der Waals surface area contributed by atoms with E-state index in [0.29, 0.717) is 12.0 Å². The number of rotatable bonds is 5.